The van der Waals surface area contributed by atoms with Crippen LogP contribution in [0.15, 0.2) is 17.5 Å². The van der Waals surface area contributed by atoms with Crippen molar-refractivity contribution in [2.24, 2.45) is 5.92 Å². The molecule has 1 aromatic heterocycles. The zero-order valence-electron chi connectivity index (χ0n) is 11.8. The van der Waals surface area contributed by atoms with E-state index in [2.05, 4.69) is 41.6 Å². The minimum Gasteiger partial charge on any atom is -0.317 e. The minimum absolute atomic E-state index is 0.0824. The Morgan fingerprint density at radius 1 is 1.53 bits per heavy atom. The molecule has 0 radical (unpaired) electrons. The molecule has 1 aromatic rings. The fourth-order valence-electron chi connectivity index (χ4n) is 3.10. The maximum Gasteiger partial charge on any atom is 0.244 e. The fraction of sp³-hybridized carbons (Fsp3) is 0.667. The molecular formula is C15H22N2OS. The first-order chi connectivity index (χ1) is 9.10. The molecule has 3 rings (SSSR count). The third kappa shape index (κ3) is 2.01. The summed E-state index contributed by atoms with van der Waals surface area (Å²) in [5, 5.41) is 5.66. The van der Waals surface area contributed by atoms with E-state index >= 15 is 0 Å². The van der Waals surface area contributed by atoms with E-state index in [4.69, 9.17) is 0 Å². The van der Waals surface area contributed by atoms with Crippen LogP contribution in [0.1, 0.15) is 51.1 Å². The molecule has 0 spiro atoms. The highest BCUT2D eigenvalue weighted by Gasteiger charge is 2.55. The molecule has 1 N–H and O–H groups in total. The second-order valence-electron chi connectivity index (χ2n) is 5.93. The van der Waals surface area contributed by atoms with Gasteiger partial charge in [-0.05, 0) is 37.1 Å². The van der Waals surface area contributed by atoms with Gasteiger partial charge < -0.3 is 4.90 Å². The molecule has 1 saturated heterocycles. The Bertz CT molecular complexity index is 472. The number of nitrogens with one attached hydrogen (secondary N) is 1. The Hall–Kier alpha value is -0.870. The van der Waals surface area contributed by atoms with Crippen molar-refractivity contribution < 1.29 is 4.79 Å². The maximum absolute atomic E-state index is 12.8. The molecule has 1 aliphatic carbocycles. The lowest BCUT2D eigenvalue weighted by Gasteiger charge is -2.23. The lowest BCUT2D eigenvalue weighted by atomic mass is 9.99. The quantitative estimate of drug-likeness (QED) is 0.917. The molecule has 4 unspecified atom stereocenters. The molecule has 1 saturated carbocycles. The summed E-state index contributed by atoms with van der Waals surface area (Å²) in [6, 6.07) is 4.65. The lowest BCUT2D eigenvalue weighted by molar-refractivity contribution is -0.133. The monoisotopic (exact) mass is 278 g/mol. The van der Waals surface area contributed by atoms with Crippen molar-refractivity contribution in [2.45, 2.75) is 57.8 Å². The van der Waals surface area contributed by atoms with Crippen LogP contribution < -0.4 is 5.32 Å². The lowest BCUT2D eigenvalue weighted by Crippen LogP contribution is -2.43. The molecule has 19 heavy (non-hydrogen) atoms. The first-order valence-electron chi connectivity index (χ1n) is 7.24. The molecule has 3 nitrogen and oxygen atoms in total. The Morgan fingerprint density at radius 3 is 2.84 bits per heavy atom. The molecule has 1 amide bonds. The second-order valence-corrected chi connectivity index (χ2v) is 6.91. The number of hydrogen-bond donors (Lipinski definition) is 1. The maximum atomic E-state index is 12.8. The van der Waals surface area contributed by atoms with Crippen LogP contribution in [0, 0.1) is 5.92 Å². The van der Waals surface area contributed by atoms with Crippen LogP contribution in [-0.2, 0) is 4.79 Å². The van der Waals surface area contributed by atoms with Gasteiger partial charge in [-0.3, -0.25) is 10.1 Å². The zero-order chi connectivity index (χ0) is 13.6. The van der Waals surface area contributed by atoms with E-state index in [-0.39, 0.29) is 12.1 Å². The average Bonchev–Trinajstić information content (AvgIpc) is 2.87. The number of amides is 1. The third-order valence-corrected chi connectivity index (χ3v) is 5.65. The van der Waals surface area contributed by atoms with Gasteiger partial charge in [0, 0.05) is 10.9 Å². The van der Waals surface area contributed by atoms with E-state index in [9.17, 15) is 4.79 Å². The SMILES string of the molecule is CCC1CC1N1C(=O)C(C)(CC)NC1c1cccs1. The molecule has 2 heterocycles. The number of rotatable bonds is 4. The highest BCUT2D eigenvalue weighted by atomic mass is 32.1. The predicted molar refractivity (Wildman–Crippen MR) is 77.9 cm³/mol. The number of carbonyl (C=O) groups excluding carboxylic acids is 1. The van der Waals surface area contributed by atoms with Gasteiger partial charge >= 0.3 is 0 Å². The first-order valence-corrected chi connectivity index (χ1v) is 8.12. The predicted octanol–water partition coefficient (Wildman–Crippen LogP) is 3.15. The molecule has 2 aliphatic rings. The van der Waals surface area contributed by atoms with Gasteiger partial charge in [-0.15, -0.1) is 11.3 Å². The van der Waals surface area contributed by atoms with Crippen LogP contribution in [0.4, 0.5) is 0 Å². The van der Waals surface area contributed by atoms with E-state index in [1.54, 1.807) is 11.3 Å². The largest absolute Gasteiger partial charge is 0.317 e. The number of thiophene rings is 1. The van der Waals surface area contributed by atoms with Crippen LogP contribution >= 0.6 is 11.3 Å². The third-order valence-electron chi connectivity index (χ3n) is 4.73. The van der Waals surface area contributed by atoms with Gasteiger partial charge in [-0.1, -0.05) is 26.3 Å². The van der Waals surface area contributed by atoms with E-state index in [1.807, 2.05) is 6.92 Å². The Kier molecular flexibility index (Phi) is 3.18. The molecule has 4 heteroatoms. The van der Waals surface area contributed by atoms with Crippen molar-refractivity contribution in [1.82, 2.24) is 10.2 Å². The fourth-order valence-corrected chi connectivity index (χ4v) is 3.87. The van der Waals surface area contributed by atoms with Gasteiger partial charge in [0.1, 0.15) is 6.17 Å². The molecule has 2 fully saturated rings. The summed E-state index contributed by atoms with van der Waals surface area (Å²) >= 11 is 1.73. The summed E-state index contributed by atoms with van der Waals surface area (Å²) in [6.07, 6.45) is 3.27. The summed E-state index contributed by atoms with van der Waals surface area (Å²) in [5.74, 6) is 0.988. The Balaban J connectivity index is 1.91. The van der Waals surface area contributed by atoms with Crippen LogP contribution in [0.2, 0.25) is 0 Å². The van der Waals surface area contributed by atoms with E-state index in [0.717, 1.165) is 6.42 Å². The summed E-state index contributed by atoms with van der Waals surface area (Å²) in [4.78, 5) is 16.2. The highest BCUT2D eigenvalue weighted by Crippen LogP contribution is 2.46. The zero-order valence-corrected chi connectivity index (χ0v) is 12.7. The molecule has 0 bridgehead atoms. The average molecular weight is 278 g/mol. The summed E-state index contributed by atoms with van der Waals surface area (Å²) in [5.41, 5.74) is -0.393. The summed E-state index contributed by atoms with van der Waals surface area (Å²) in [7, 11) is 0. The van der Waals surface area contributed by atoms with Crippen molar-refractivity contribution in [3.8, 4) is 0 Å². The summed E-state index contributed by atoms with van der Waals surface area (Å²) < 4.78 is 0. The molecule has 0 aromatic carbocycles. The molecule has 1 aliphatic heterocycles. The van der Waals surface area contributed by atoms with Crippen LogP contribution in [0.3, 0.4) is 0 Å². The van der Waals surface area contributed by atoms with Crippen molar-refractivity contribution >= 4 is 17.2 Å². The standard InChI is InChI=1S/C15H22N2OS/c1-4-10-9-11(10)17-13(12-7-6-8-19-12)16-15(3,5-2)14(17)18/h6-8,10-11,13,16H,4-5,9H2,1-3H3. The Labute approximate surface area is 119 Å². The van der Waals surface area contributed by atoms with Gasteiger partial charge in [0.25, 0.3) is 0 Å². The van der Waals surface area contributed by atoms with Crippen LogP contribution in [0.5, 0.6) is 0 Å². The second kappa shape index (κ2) is 4.60. The summed E-state index contributed by atoms with van der Waals surface area (Å²) in [6.45, 7) is 6.35. The highest BCUT2D eigenvalue weighted by molar-refractivity contribution is 7.10. The van der Waals surface area contributed by atoms with E-state index in [1.165, 1.54) is 17.7 Å². The van der Waals surface area contributed by atoms with Crippen LogP contribution in [-0.4, -0.2) is 22.4 Å². The van der Waals surface area contributed by atoms with Gasteiger partial charge in [0.2, 0.25) is 5.91 Å². The molecular weight excluding hydrogens is 256 g/mol. The van der Waals surface area contributed by atoms with Gasteiger partial charge in [-0.25, -0.2) is 0 Å². The number of nitrogens with zero attached hydrogens (tertiary/aromatic N) is 1. The molecule has 104 valence electrons. The van der Waals surface area contributed by atoms with E-state index in [0.29, 0.717) is 12.0 Å². The normalized spacial score (nSPS) is 37.9. The van der Waals surface area contributed by atoms with Gasteiger partial charge in [-0.2, -0.15) is 0 Å². The van der Waals surface area contributed by atoms with Crippen molar-refractivity contribution in [3.05, 3.63) is 22.4 Å². The number of hydrogen-bond acceptors (Lipinski definition) is 3. The van der Waals surface area contributed by atoms with Gasteiger partial charge in [0.15, 0.2) is 0 Å². The topological polar surface area (TPSA) is 32.3 Å². The first kappa shape index (κ1) is 13.1. The van der Waals surface area contributed by atoms with Gasteiger partial charge in [0.05, 0.1) is 5.54 Å². The smallest absolute Gasteiger partial charge is 0.244 e. The van der Waals surface area contributed by atoms with Crippen LogP contribution in [0.25, 0.3) is 0 Å². The number of carbonyl (C=O) groups is 1. The van der Waals surface area contributed by atoms with Crippen molar-refractivity contribution in [1.29, 1.82) is 0 Å². The Morgan fingerprint density at radius 2 is 2.32 bits per heavy atom. The van der Waals surface area contributed by atoms with Crippen molar-refractivity contribution in [3.63, 3.8) is 0 Å². The van der Waals surface area contributed by atoms with E-state index < -0.39 is 5.54 Å². The molecule has 4 atom stereocenters. The van der Waals surface area contributed by atoms with Crippen molar-refractivity contribution in [2.75, 3.05) is 0 Å². The minimum atomic E-state index is -0.393.